The van der Waals surface area contributed by atoms with Crippen LogP contribution in [-0.2, 0) is 11.2 Å². The summed E-state index contributed by atoms with van der Waals surface area (Å²) in [6.07, 6.45) is 1.15. The fourth-order valence-corrected chi connectivity index (χ4v) is 4.16. The Hall–Kier alpha value is -2.40. The molecule has 0 saturated heterocycles. The van der Waals surface area contributed by atoms with Gasteiger partial charge in [0.1, 0.15) is 5.75 Å². The lowest BCUT2D eigenvalue weighted by molar-refractivity contribution is -0.135. The summed E-state index contributed by atoms with van der Waals surface area (Å²) in [5.41, 5.74) is 1.07. The number of pyridine rings is 1. The standard InChI is InChI=1S/C18H15NO3S/c1-2-10-7-8-14(23-10)12-9-15(20)22-17-11-5-3-4-6-13(11)19-18(21)16(12)17/h3-8,12H,2,9H2,1H3,(H,19,21). The average Bonchev–Trinajstić information content (AvgIpc) is 3.03. The number of esters is 1. The highest BCUT2D eigenvalue weighted by Crippen LogP contribution is 2.41. The van der Waals surface area contributed by atoms with E-state index in [-0.39, 0.29) is 23.9 Å². The number of hydrogen-bond acceptors (Lipinski definition) is 4. The van der Waals surface area contributed by atoms with Gasteiger partial charge in [0, 0.05) is 21.1 Å². The molecule has 0 amide bonds. The average molecular weight is 325 g/mol. The van der Waals surface area contributed by atoms with Gasteiger partial charge in [-0.15, -0.1) is 11.3 Å². The number of benzene rings is 1. The van der Waals surface area contributed by atoms with E-state index < -0.39 is 0 Å². The lowest BCUT2D eigenvalue weighted by Crippen LogP contribution is -2.27. The minimum absolute atomic E-state index is 0.178. The first kappa shape index (κ1) is 14.2. The van der Waals surface area contributed by atoms with Gasteiger partial charge in [0.15, 0.2) is 0 Å². The largest absolute Gasteiger partial charge is 0.425 e. The number of rotatable bonds is 2. The second kappa shape index (κ2) is 5.35. The Morgan fingerprint density at radius 2 is 2.04 bits per heavy atom. The molecular formula is C18H15NO3S. The molecule has 0 fully saturated rings. The highest BCUT2D eigenvalue weighted by atomic mass is 32.1. The van der Waals surface area contributed by atoms with E-state index >= 15 is 0 Å². The van der Waals surface area contributed by atoms with Gasteiger partial charge in [-0.3, -0.25) is 9.59 Å². The van der Waals surface area contributed by atoms with E-state index in [1.165, 1.54) is 4.88 Å². The molecule has 5 heteroatoms. The summed E-state index contributed by atoms with van der Waals surface area (Å²) in [6, 6.07) is 11.5. The molecule has 4 rings (SSSR count). The molecule has 0 radical (unpaired) electrons. The number of carbonyl (C=O) groups is 1. The molecule has 2 aromatic heterocycles. The van der Waals surface area contributed by atoms with Crippen molar-refractivity contribution in [1.29, 1.82) is 0 Å². The summed E-state index contributed by atoms with van der Waals surface area (Å²) in [5.74, 6) is -0.105. The van der Waals surface area contributed by atoms with Crippen LogP contribution >= 0.6 is 11.3 Å². The van der Waals surface area contributed by atoms with Gasteiger partial charge in [-0.25, -0.2) is 0 Å². The molecule has 0 saturated carbocycles. The van der Waals surface area contributed by atoms with Gasteiger partial charge in [0.25, 0.3) is 5.56 Å². The number of carbonyl (C=O) groups excluding carboxylic acids is 1. The zero-order valence-corrected chi connectivity index (χ0v) is 13.4. The second-order valence-electron chi connectivity index (χ2n) is 5.63. The predicted molar refractivity (Wildman–Crippen MR) is 90.4 cm³/mol. The third-order valence-corrected chi connectivity index (χ3v) is 5.56. The van der Waals surface area contributed by atoms with Crippen LogP contribution in [-0.4, -0.2) is 11.0 Å². The van der Waals surface area contributed by atoms with Gasteiger partial charge in [0.2, 0.25) is 0 Å². The molecule has 1 aliphatic rings. The molecular weight excluding hydrogens is 310 g/mol. The van der Waals surface area contributed by atoms with E-state index in [1.54, 1.807) is 11.3 Å². The van der Waals surface area contributed by atoms with Crippen molar-refractivity contribution in [2.75, 3.05) is 0 Å². The maximum atomic E-state index is 12.6. The van der Waals surface area contributed by atoms with Crippen LogP contribution in [0.1, 0.15) is 34.6 Å². The topological polar surface area (TPSA) is 59.2 Å². The van der Waals surface area contributed by atoms with Crippen molar-refractivity contribution in [2.24, 2.45) is 0 Å². The van der Waals surface area contributed by atoms with Crippen LogP contribution < -0.4 is 10.3 Å². The number of aromatic nitrogens is 1. The fourth-order valence-electron chi connectivity index (χ4n) is 3.09. The molecule has 0 spiro atoms. The predicted octanol–water partition coefficient (Wildman–Crippen LogP) is 3.59. The van der Waals surface area contributed by atoms with Gasteiger partial charge in [-0.1, -0.05) is 19.1 Å². The maximum absolute atomic E-state index is 12.6. The summed E-state index contributed by atoms with van der Waals surface area (Å²) in [5, 5.41) is 0.771. The Morgan fingerprint density at radius 1 is 1.22 bits per heavy atom. The van der Waals surface area contributed by atoms with E-state index in [4.69, 9.17) is 4.74 Å². The minimum atomic E-state index is -0.287. The number of aromatic amines is 1. The van der Waals surface area contributed by atoms with Crippen molar-refractivity contribution in [1.82, 2.24) is 4.98 Å². The lowest BCUT2D eigenvalue weighted by Gasteiger charge is -2.24. The summed E-state index contributed by atoms with van der Waals surface area (Å²) in [4.78, 5) is 29.9. The number of aryl methyl sites for hydroxylation is 1. The third-order valence-electron chi connectivity index (χ3n) is 4.22. The molecule has 4 nitrogen and oxygen atoms in total. The molecule has 1 N–H and O–H groups in total. The summed E-state index contributed by atoms with van der Waals surface area (Å²) in [6.45, 7) is 2.10. The number of H-pyrrole nitrogens is 1. The zero-order chi connectivity index (χ0) is 16.0. The maximum Gasteiger partial charge on any atom is 0.312 e. The Labute approximate surface area is 136 Å². The summed E-state index contributed by atoms with van der Waals surface area (Å²) in [7, 11) is 0. The highest BCUT2D eigenvalue weighted by molar-refractivity contribution is 7.12. The van der Waals surface area contributed by atoms with Crippen LogP contribution in [0.4, 0.5) is 0 Å². The van der Waals surface area contributed by atoms with Gasteiger partial charge in [-0.2, -0.15) is 0 Å². The van der Waals surface area contributed by atoms with E-state index in [2.05, 4.69) is 18.0 Å². The molecule has 1 unspecified atom stereocenters. The molecule has 1 aromatic carbocycles. The van der Waals surface area contributed by atoms with Crippen LogP contribution in [0.15, 0.2) is 41.2 Å². The van der Waals surface area contributed by atoms with Gasteiger partial charge in [0.05, 0.1) is 17.5 Å². The Balaban J connectivity index is 1.98. The lowest BCUT2D eigenvalue weighted by atomic mass is 9.91. The second-order valence-corrected chi connectivity index (χ2v) is 6.83. The number of fused-ring (bicyclic) bond motifs is 3. The van der Waals surface area contributed by atoms with Crippen LogP contribution in [0.25, 0.3) is 10.9 Å². The Kier molecular flexibility index (Phi) is 3.31. The van der Waals surface area contributed by atoms with Crippen LogP contribution in [0.3, 0.4) is 0 Å². The van der Waals surface area contributed by atoms with E-state index in [9.17, 15) is 9.59 Å². The van der Waals surface area contributed by atoms with Gasteiger partial charge in [-0.05, 0) is 30.7 Å². The van der Waals surface area contributed by atoms with Crippen molar-refractivity contribution in [3.05, 3.63) is 62.1 Å². The van der Waals surface area contributed by atoms with Crippen molar-refractivity contribution >= 4 is 28.2 Å². The van der Waals surface area contributed by atoms with Gasteiger partial charge < -0.3 is 9.72 Å². The van der Waals surface area contributed by atoms with Crippen LogP contribution in [0.5, 0.6) is 5.75 Å². The van der Waals surface area contributed by atoms with Crippen molar-refractivity contribution in [3.8, 4) is 5.75 Å². The van der Waals surface area contributed by atoms with Gasteiger partial charge >= 0.3 is 5.97 Å². The molecule has 1 aliphatic heterocycles. The number of nitrogens with one attached hydrogen (secondary N) is 1. The summed E-state index contributed by atoms with van der Waals surface area (Å²) >= 11 is 1.66. The number of thiophene rings is 1. The fraction of sp³-hybridized carbons (Fsp3) is 0.222. The van der Waals surface area contributed by atoms with Crippen molar-refractivity contribution < 1.29 is 9.53 Å². The van der Waals surface area contributed by atoms with E-state index in [1.807, 2.05) is 30.3 Å². The molecule has 3 aromatic rings. The Morgan fingerprint density at radius 3 is 2.83 bits per heavy atom. The van der Waals surface area contributed by atoms with E-state index in [0.717, 1.165) is 16.7 Å². The first-order chi connectivity index (χ1) is 11.2. The molecule has 0 bridgehead atoms. The highest BCUT2D eigenvalue weighted by Gasteiger charge is 2.33. The number of ether oxygens (including phenoxy) is 1. The van der Waals surface area contributed by atoms with E-state index in [0.29, 0.717) is 16.8 Å². The monoisotopic (exact) mass is 325 g/mol. The quantitative estimate of drug-likeness (QED) is 0.733. The number of para-hydroxylation sites is 1. The first-order valence-electron chi connectivity index (χ1n) is 7.61. The third kappa shape index (κ3) is 2.28. The minimum Gasteiger partial charge on any atom is -0.425 e. The van der Waals surface area contributed by atoms with Crippen molar-refractivity contribution in [3.63, 3.8) is 0 Å². The molecule has 116 valence electrons. The molecule has 23 heavy (non-hydrogen) atoms. The van der Waals surface area contributed by atoms with Crippen molar-refractivity contribution in [2.45, 2.75) is 25.7 Å². The molecule has 3 heterocycles. The Bertz CT molecular complexity index is 970. The van der Waals surface area contributed by atoms with Crippen LogP contribution in [0, 0.1) is 0 Å². The normalized spacial score (nSPS) is 17.1. The smallest absolute Gasteiger partial charge is 0.312 e. The SMILES string of the molecule is CCc1ccc(C2CC(=O)Oc3c2c(=O)[nH]c2ccccc32)s1. The number of hydrogen-bond donors (Lipinski definition) is 1. The first-order valence-corrected chi connectivity index (χ1v) is 8.43. The molecule has 0 aliphatic carbocycles. The molecule has 1 atom stereocenters. The summed E-state index contributed by atoms with van der Waals surface area (Å²) < 4.78 is 5.46. The van der Waals surface area contributed by atoms with Crippen LogP contribution in [0.2, 0.25) is 0 Å². The zero-order valence-electron chi connectivity index (χ0n) is 12.6.